The maximum absolute atomic E-state index is 12.2. The molecule has 0 aliphatic rings. The molecule has 0 radical (unpaired) electrons. The highest BCUT2D eigenvalue weighted by molar-refractivity contribution is 6.30. The van der Waals surface area contributed by atoms with Crippen LogP contribution in [0, 0.1) is 11.3 Å². The highest BCUT2D eigenvalue weighted by Crippen LogP contribution is 2.21. The van der Waals surface area contributed by atoms with Crippen LogP contribution in [0.3, 0.4) is 0 Å². The molecular weight excluding hydrogens is 346 g/mol. The minimum atomic E-state index is -0.489. The number of carbonyl (C=O) groups excluding carboxylic acids is 1. The molecule has 0 saturated heterocycles. The minimum Gasteiger partial charge on any atom is -0.423 e. The zero-order valence-electron chi connectivity index (χ0n) is 13.7. The lowest BCUT2D eigenvalue weighted by Crippen LogP contribution is -2.08. The number of nitrogens with zero attached hydrogens (tertiary/aromatic N) is 1. The van der Waals surface area contributed by atoms with Gasteiger partial charge in [0, 0.05) is 5.02 Å². The molecule has 26 heavy (non-hydrogen) atoms. The van der Waals surface area contributed by atoms with E-state index in [2.05, 4.69) is 6.07 Å². The molecule has 0 fully saturated rings. The molecule has 3 aromatic carbocycles. The van der Waals surface area contributed by atoms with Crippen molar-refractivity contribution in [2.75, 3.05) is 0 Å². The maximum Gasteiger partial charge on any atom is 0.343 e. The normalized spacial score (nSPS) is 10.8. The summed E-state index contributed by atoms with van der Waals surface area (Å²) in [4.78, 5) is 12.2. The fourth-order valence-electron chi connectivity index (χ4n) is 2.41. The molecule has 0 heterocycles. The summed E-state index contributed by atoms with van der Waals surface area (Å²) >= 11 is 5.90. The van der Waals surface area contributed by atoms with Gasteiger partial charge in [-0.05, 0) is 47.5 Å². The summed E-state index contributed by atoms with van der Waals surface area (Å²) < 4.78 is 5.41. The fourth-order valence-corrected chi connectivity index (χ4v) is 2.60. The molecule has 3 rings (SSSR count). The van der Waals surface area contributed by atoms with Crippen LogP contribution in [0.25, 0.3) is 11.6 Å². The molecule has 0 aliphatic heterocycles. The topological polar surface area (TPSA) is 50.1 Å². The summed E-state index contributed by atoms with van der Waals surface area (Å²) in [7, 11) is 0. The van der Waals surface area contributed by atoms with Crippen LogP contribution in [-0.4, -0.2) is 5.97 Å². The lowest BCUT2D eigenvalue weighted by atomic mass is 10.0. The lowest BCUT2D eigenvalue weighted by Gasteiger charge is -2.06. The Kier molecular flexibility index (Phi) is 5.48. The van der Waals surface area contributed by atoms with E-state index >= 15 is 0 Å². The van der Waals surface area contributed by atoms with Crippen molar-refractivity contribution in [3.63, 3.8) is 0 Å². The van der Waals surface area contributed by atoms with E-state index in [1.807, 2.05) is 36.4 Å². The monoisotopic (exact) mass is 359 g/mol. The third-order valence-corrected chi connectivity index (χ3v) is 3.88. The number of hydrogen-bond acceptors (Lipinski definition) is 3. The number of benzene rings is 3. The molecule has 0 atom stereocenters. The Balaban J connectivity index is 1.83. The molecule has 0 saturated carbocycles. The number of nitriles is 1. The second-order valence-electron chi connectivity index (χ2n) is 5.51. The number of hydrogen-bond donors (Lipinski definition) is 0. The number of carbonyl (C=O) groups is 1. The number of ether oxygens (including phenoxy) is 1. The van der Waals surface area contributed by atoms with Crippen LogP contribution >= 0.6 is 11.6 Å². The Morgan fingerprint density at radius 3 is 2.38 bits per heavy atom. The average molecular weight is 360 g/mol. The third-order valence-electron chi connectivity index (χ3n) is 3.65. The van der Waals surface area contributed by atoms with E-state index in [0.717, 1.165) is 11.1 Å². The molecule has 3 nitrogen and oxygen atoms in total. The smallest absolute Gasteiger partial charge is 0.343 e. The van der Waals surface area contributed by atoms with Gasteiger partial charge in [-0.3, -0.25) is 0 Å². The summed E-state index contributed by atoms with van der Waals surface area (Å²) in [5.74, 6) is -0.0914. The summed E-state index contributed by atoms with van der Waals surface area (Å²) in [6.45, 7) is 0. The Hall–Kier alpha value is -3.35. The van der Waals surface area contributed by atoms with Crippen molar-refractivity contribution in [3.05, 3.63) is 101 Å². The van der Waals surface area contributed by atoms with Gasteiger partial charge in [0.05, 0.1) is 17.2 Å². The summed E-state index contributed by atoms with van der Waals surface area (Å²) in [5, 5.41) is 9.88. The Morgan fingerprint density at radius 1 is 0.923 bits per heavy atom. The zero-order chi connectivity index (χ0) is 18.4. The molecule has 0 bridgehead atoms. The van der Waals surface area contributed by atoms with Gasteiger partial charge in [0.1, 0.15) is 5.75 Å². The highest BCUT2D eigenvalue weighted by atomic mass is 35.5. The number of rotatable bonds is 4. The van der Waals surface area contributed by atoms with Crippen molar-refractivity contribution in [1.29, 1.82) is 5.26 Å². The van der Waals surface area contributed by atoms with Crippen molar-refractivity contribution in [2.24, 2.45) is 0 Å². The molecule has 0 aromatic heterocycles. The standard InChI is InChI=1S/C22H14ClNO2/c23-20-10-5-9-18(14-20)22(25)26-21-11-4-6-16(13-21)12-19(15-24)17-7-2-1-3-8-17/h1-14H/b19-12-. The molecule has 126 valence electrons. The van der Waals surface area contributed by atoms with Crippen molar-refractivity contribution >= 4 is 29.2 Å². The van der Waals surface area contributed by atoms with Crippen LogP contribution in [0.2, 0.25) is 5.02 Å². The molecule has 0 spiro atoms. The maximum atomic E-state index is 12.2. The molecule has 0 amide bonds. The van der Waals surface area contributed by atoms with Crippen LogP contribution in [0.4, 0.5) is 0 Å². The molecule has 0 N–H and O–H groups in total. The van der Waals surface area contributed by atoms with E-state index in [4.69, 9.17) is 16.3 Å². The van der Waals surface area contributed by atoms with E-state index in [1.165, 1.54) is 0 Å². The molecule has 4 heteroatoms. The lowest BCUT2D eigenvalue weighted by molar-refractivity contribution is 0.0735. The highest BCUT2D eigenvalue weighted by Gasteiger charge is 2.09. The van der Waals surface area contributed by atoms with Crippen LogP contribution in [0.1, 0.15) is 21.5 Å². The predicted molar refractivity (Wildman–Crippen MR) is 103 cm³/mol. The van der Waals surface area contributed by atoms with Gasteiger partial charge in [0.2, 0.25) is 0 Å². The molecule has 3 aromatic rings. The van der Waals surface area contributed by atoms with Gasteiger partial charge in [0.25, 0.3) is 0 Å². The van der Waals surface area contributed by atoms with Gasteiger partial charge in [-0.25, -0.2) is 4.79 Å². The Morgan fingerprint density at radius 2 is 1.65 bits per heavy atom. The first-order valence-electron chi connectivity index (χ1n) is 7.91. The van der Waals surface area contributed by atoms with Gasteiger partial charge in [0.15, 0.2) is 0 Å². The van der Waals surface area contributed by atoms with E-state index in [9.17, 15) is 10.1 Å². The van der Waals surface area contributed by atoms with Crippen molar-refractivity contribution in [1.82, 2.24) is 0 Å². The van der Waals surface area contributed by atoms with E-state index in [1.54, 1.807) is 48.5 Å². The number of halogens is 1. The first kappa shape index (κ1) is 17.5. The fraction of sp³-hybridized carbons (Fsp3) is 0. The van der Waals surface area contributed by atoms with E-state index < -0.39 is 5.97 Å². The van der Waals surface area contributed by atoms with Gasteiger partial charge in [-0.15, -0.1) is 0 Å². The molecule has 0 unspecified atom stereocenters. The summed E-state index contributed by atoms with van der Waals surface area (Å²) in [5.41, 5.74) is 2.50. The van der Waals surface area contributed by atoms with Gasteiger partial charge in [-0.2, -0.15) is 5.26 Å². The molecular formula is C22H14ClNO2. The van der Waals surface area contributed by atoms with Gasteiger partial charge < -0.3 is 4.74 Å². The molecule has 0 aliphatic carbocycles. The van der Waals surface area contributed by atoms with Crippen molar-refractivity contribution in [2.45, 2.75) is 0 Å². The first-order chi connectivity index (χ1) is 12.7. The Bertz CT molecular complexity index is 1000. The minimum absolute atomic E-state index is 0.375. The largest absolute Gasteiger partial charge is 0.423 e. The van der Waals surface area contributed by atoms with Crippen LogP contribution in [0.15, 0.2) is 78.9 Å². The Labute approximate surface area is 156 Å². The number of allylic oxidation sites excluding steroid dienone is 1. The number of esters is 1. The zero-order valence-corrected chi connectivity index (χ0v) is 14.5. The van der Waals surface area contributed by atoms with Gasteiger partial charge in [-0.1, -0.05) is 60.1 Å². The third kappa shape index (κ3) is 4.38. The van der Waals surface area contributed by atoms with Crippen molar-refractivity contribution < 1.29 is 9.53 Å². The summed E-state index contributed by atoms with van der Waals surface area (Å²) in [6.07, 6.45) is 1.76. The van der Waals surface area contributed by atoms with Crippen LogP contribution in [0.5, 0.6) is 5.75 Å². The van der Waals surface area contributed by atoms with Crippen LogP contribution < -0.4 is 4.74 Å². The predicted octanol–water partition coefficient (Wildman–Crippen LogP) is 5.62. The second-order valence-corrected chi connectivity index (χ2v) is 5.94. The first-order valence-corrected chi connectivity index (χ1v) is 8.28. The average Bonchev–Trinajstić information content (AvgIpc) is 2.67. The SMILES string of the molecule is N#C/C(=C/c1cccc(OC(=O)c2cccc(Cl)c2)c1)c1ccccc1. The summed E-state index contributed by atoms with van der Waals surface area (Å²) in [6, 6.07) is 25.2. The van der Waals surface area contributed by atoms with Gasteiger partial charge >= 0.3 is 5.97 Å². The second kappa shape index (κ2) is 8.15. The van der Waals surface area contributed by atoms with Crippen LogP contribution in [-0.2, 0) is 0 Å². The van der Waals surface area contributed by atoms with E-state index in [0.29, 0.717) is 21.9 Å². The van der Waals surface area contributed by atoms with E-state index in [-0.39, 0.29) is 0 Å². The van der Waals surface area contributed by atoms with Crippen molar-refractivity contribution in [3.8, 4) is 11.8 Å². The quantitative estimate of drug-likeness (QED) is 0.263.